The quantitative estimate of drug-likeness (QED) is 0.263. The lowest BCUT2D eigenvalue weighted by molar-refractivity contribution is 0.0691. The number of halogens is 3. The average molecular weight is 672 g/mol. The highest BCUT2D eigenvalue weighted by molar-refractivity contribution is 14.1. The smallest absolute Gasteiger partial charge is 0.338 e. The lowest BCUT2D eigenvalue weighted by atomic mass is 10.1. The molecular formula is C16H19I3O5. The Morgan fingerprint density at radius 3 is 1.88 bits per heavy atom. The topological polar surface area (TPSA) is 83.8 Å². The van der Waals surface area contributed by atoms with Crippen LogP contribution in [0.3, 0.4) is 0 Å². The summed E-state index contributed by atoms with van der Waals surface area (Å²) in [7, 11) is 0. The Hall–Kier alpha value is 0.150. The molecule has 0 fully saturated rings. The number of rotatable bonds is 9. The van der Waals surface area contributed by atoms with Crippen molar-refractivity contribution < 1.29 is 24.5 Å². The summed E-state index contributed by atoms with van der Waals surface area (Å²) in [6.45, 7) is 4.08. The molecule has 8 heteroatoms. The second kappa shape index (κ2) is 10.3. The van der Waals surface area contributed by atoms with Crippen molar-refractivity contribution in [2.75, 3.05) is 0 Å². The van der Waals surface area contributed by atoms with Crippen LogP contribution >= 0.6 is 67.8 Å². The second-order valence-corrected chi connectivity index (χ2v) is 8.65. The largest absolute Gasteiger partial charge is 0.488 e. The number of carboxylic acids is 2. The summed E-state index contributed by atoms with van der Waals surface area (Å²) in [5.41, 5.74) is -0.0237. The van der Waals surface area contributed by atoms with Crippen molar-refractivity contribution in [3.8, 4) is 5.75 Å². The maximum atomic E-state index is 11.6. The minimum atomic E-state index is -1.15. The third-order valence-corrected chi connectivity index (χ3v) is 6.62. The molecule has 0 aliphatic carbocycles. The zero-order chi connectivity index (χ0) is 18.4. The summed E-state index contributed by atoms with van der Waals surface area (Å²) < 4.78 is 7.06. The molecule has 1 aromatic rings. The predicted molar refractivity (Wildman–Crippen MR) is 117 cm³/mol. The standard InChI is InChI=1S/C16H19I3O5/c1-3-4-5-6-7-8(2)24-14-12(18)9(15(20)21)11(17)10(13(14)19)16(22)23/h8H,3-7H2,1-2H3,(H,20,21)(H,22,23). The molecule has 134 valence electrons. The van der Waals surface area contributed by atoms with E-state index in [4.69, 9.17) is 4.74 Å². The number of aromatic carboxylic acids is 2. The van der Waals surface area contributed by atoms with Gasteiger partial charge in [0.2, 0.25) is 0 Å². The van der Waals surface area contributed by atoms with Crippen molar-refractivity contribution in [1.82, 2.24) is 0 Å². The van der Waals surface area contributed by atoms with Crippen LogP contribution in [-0.4, -0.2) is 28.3 Å². The Labute approximate surface area is 182 Å². The van der Waals surface area contributed by atoms with Gasteiger partial charge in [-0.1, -0.05) is 26.2 Å². The fourth-order valence-corrected chi connectivity index (χ4v) is 6.58. The van der Waals surface area contributed by atoms with Gasteiger partial charge in [-0.05, 0) is 87.5 Å². The molecule has 1 rings (SSSR count). The number of ether oxygens (including phenoxy) is 1. The van der Waals surface area contributed by atoms with Gasteiger partial charge in [0.05, 0.1) is 24.4 Å². The van der Waals surface area contributed by atoms with Gasteiger partial charge in [0.25, 0.3) is 0 Å². The predicted octanol–water partition coefficient (Wildman–Crippen LogP) is 5.63. The molecule has 1 unspecified atom stereocenters. The summed E-state index contributed by atoms with van der Waals surface area (Å²) in [6, 6.07) is 0. The van der Waals surface area contributed by atoms with Gasteiger partial charge in [0.1, 0.15) is 5.75 Å². The third kappa shape index (κ3) is 5.58. The molecule has 0 heterocycles. The summed E-state index contributed by atoms with van der Waals surface area (Å²) in [5.74, 6) is -1.94. The maximum absolute atomic E-state index is 11.6. The molecule has 0 aliphatic rings. The Balaban J connectivity index is 3.18. The van der Waals surface area contributed by atoms with E-state index in [0.29, 0.717) is 12.9 Å². The number of carbonyl (C=O) groups is 2. The molecule has 0 bridgehead atoms. The van der Waals surface area contributed by atoms with Crippen LogP contribution in [0, 0.1) is 10.7 Å². The molecule has 5 nitrogen and oxygen atoms in total. The van der Waals surface area contributed by atoms with E-state index in [2.05, 4.69) is 6.92 Å². The first-order valence-corrected chi connectivity index (χ1v) is 10.8. The fraction of sp³-hybridized carbons (Fsp3) is 0.500. The van der Waals surface area contributed by atoms with Crippen molar-refractivity contribution >= 4 is 79.7 Å². The molecule has 24 heavy (non-hydrogen) atoms. The van der Waals surface area contributed by atoms with Crippen LogP contribution in [0.15, 0.2) is 0 Å². The van der Waals surface area contributed by atoms with Crippen molar-refractivity contribution in [2.45, 2.75) is 52.1 Å². The molecule has 0 aromatic heterocycles. The summed E-state index contributed by atoms with van der Waals surface area (Å²) in [5, 5.41) is 18.9. The van der Waals surface area contributed by atoms with E-state index in [0.717, 1.165) is 25.7 Å². The van der Waals surface area contributed by atoms with Crippen LogP contribution in [0.1, 0.15) is 66.7 Å². The number of unbranched alkanes of at least 4 members (excludes halogenated alkanes) is 3. The average Bonchev–Trinajstić information content (AvgIpc) is 2.47. The van der Waals surface area contributed by atoms with E-state index in [1.165, 1.54) is 6.42 Å². The van der Waals surface area contributed by atoms with E-state index in [-0.39, 0.29) is 20.8 Å². The molecule has 1 atom stereocenters. The van der Waals surface area contributed by atoms with Gasteiger partial charge in [0.15, 0.2) is 0 Å². The molecule has 0 amide bonds. The Bertz CT molecular complexity index is 590. The van der Waals surface area contributed by atoms with Crippen molar-refractivity contribution in [1.29, 1.82) is 0 Å². The zero-order valence-corrected chi connectivity index (χ0v) is 19.8. The molecule has 2 N–H and O–H groups in total. The minimum Gasteiger partial charge on any atom is -0.488 e. The van der Waals surface area contributed by atoms with Gasteiger partial charge in [-0.2, -0.15) is 0 Å². The van der Waals surface area contributed by atoms with Crippen molar-refractivity contribution in [2.24, 2.45) is 0 Å². The van der Waals surface area contributed by atoms with E-state index in [1.54, 1.807) is 22.6 Å². The van der Waals surface area contributed by atoms with E-state index in [9.17, 15) is 19.8 Å². The third-order valence-electron chi connectivity index (χ3n) is 3.49. The molecule has 0 saturated carbocycles. The summed E-state index contributed by atoms with van der Waals surface area (Å²) in [6.07, 6.45) is 5.25. The molecular weight excluding hydrogens is 653 g/mol. The van der Waals surface area contributed by atoms with Gasteiger partial charge in [-0.15, -0.1) is 0 Å². The second-order valence-electron chi connectivity index (χ2n) is 5.41. The molecule has 0 spiro atoms. The summed E-state index contributed by atoms with van der Waals surface area (Å²) >= 11 is 5.63. The SMILES string of the molecule is CCCCCCC(C)Oc1c(I)c(C(=O)O)c(I)c(C(=O)O)c1I. The summed E-state index contributed by atoms with van der Waals surface area (Å²) in [4.78, 5) is 23.1. The molecule has 0 aliphatic heterocycles. The molecule has 0 radical (unpaired) electrons. The first-order chi connectivity index (χ1) is 11.2. The number of benzene rings is 1. The van der Waals surface area contributed by atoms with E-state index < -0.39 is 11.9 Å². The lowest BCUT2D eigenvalue weighted by Gasteiger charge is -2.20. The first-order valence-electron chi connectivity index (χ1n) is 7.55. The van der Waals surface area contributed by atoms with Gasteiger partial charge >= 0.3 is 11.9 Å². The Kier molecular flexibility index (Phi) is 9.56. The Morgan fingerprint density at radius 1 is 0.958 bits per heavy atom. The lowest BCUT2D eigenvalue weighted by Crippen LogP contribution is -2.18. The van der Waals surface area contributed by atoms with Crippen LogP contribution in [0.25, 0.3) is 0 Å². The molecule has 1 aromatic carbocycles. The van der Waals surface area contributed by atoms with Crippen LogP contribution in [0.2, 0.25) is 0 Å². The maximum Gasteiger partial charge on any atom is 0.338 e. The van der Waals surface area contributed by atoms with Crippen LogP contribution in [0.5, 0.6) is 5.75 Å². The zero-order valence-electron chi connectivity index (χ0n) is 13.4. The highest BCUT2D eigenvalue weighted by Crippen LogP contribution is 2.38. The number of carboxylic acid groups (broad SMARTS) is 2. The first kappa shape index (κ1) is 22.2. The normalized spacial score (nSPS) is 12.0. The van der Waals surface area contributed by atoms with Gasteiger partial charge in [-0.25, -0.2) is 9.59 Å². The van der Waals surface area contributed by atoms with Crippen molar-refractivity contribution in [3.63, 3.8) is 0 Å². The fourth-order valence-electron chi connectivity index (χ4n) is 2.24. The van der Waals surface area contributed by atoms with Crippen molar-refractivity contribution in [3.05, 3.63) is 21.8 Å². The number of hydrogen-bond donors (Lipinski definition) is 2. The van der Waals surface area contributed by atoms with Gasteiger partial charge in [-0.3, -0.25) is 0 Å². The van der Waals surface area contributed by atoms with Crippen LogP contribution in [0.4, 0.5) is 0 Å². The highest BCUT2D eigenvalue weighted by Gasteiger charge is 2.29. The minimum absolute atomic E-state index is 0.0119. The van der Waals surface area contributed by atoms with Crippen LogP contribution in [-0.2, 0) is 0 Å². The number of hydrogen-bond acceptors (Lipinski definition) is 3. The molecule has 0 saturated heterocycles. The van der Waals surface area contributed by atoms with E-state index in [1.807, 2.05) is 52.1 Å². The van der Waals surface area contributed by atoms with E-state index >= 15 is 0 Å². The highest BCUT2D eigenvalue weighted by atomic mass is 127. The monoisotopic (exact) mass is 672 g/mol. The Morgan fingerprint density at radius 2 is 1.46 bits per heavy atom. The van der Waals surface area contributed by atoms with Gasteiger partial charge < -0.3 is 14.9 Å². The van der Waals surface area contributed by atoms with Gasteiger partial charge in [0, 0.05) is 3.57 Å². The van der Waals surface area contributed by atoms with Crippen LogP contribution < -0.4 is 4.74 Å².